The van der Waals surface area contributed by atoms with E-state index in [-0.39, 0.29) is 24.6 Å². The van der Waals surface area contributed by atoms with Gasteiger partial charge in [0.1, 0.15) is 17.9 Å². The molecule has 0 bridgehead atoms. The average Bonchev–Trinajstić information content (AvgIpc) is 3.08. The first kappa shape index (κ1) is 28.5. The Kier molecular flexibility index (Phi) is 8.18. The molecule has 0 spiro atoms. The number of ether oxygens (including phenoxy) is 1. The van der Waals surface area contributed by atoms with Gasteiger partial charge < -0.3 is 14.3 Å². The predicted molar refractivity (Wildman–Crippen MR) is 140 cm³/mol. The van der Waals surface area contributed by atoms with Crippen LogP contribution in [0.25, 0.3) is 0 Å². The van der Waals surface area contributed by atoms with Crippen molar-refractivity contribution in [3.63, 3.8) is 0 Å². The summed E-state index contributed by atoms with van der Waals surface area (Å²) in [5.41, 5.74) is -1.98. The normalized spacial score (nSPS) is 23.2. The molecule has 0 radical (unpaired) electrons. The summed E-state index contributed by atoms with van der Waals surface area (Å²) < 4.78 is 42.0. The van der Waals surface area contributed by atoms with Gasteiger partial charge in [-0.15, -0.1) is 0 Å². The fourth-order valence-electron chi connectivity index (χ4n) is 3.78. The summed E-state index contributed by atoms with van der Waals surface area (Å²) in [6.07, 6.45) is -0.804. The second kappa shape index (κ2) is 10.3. The number of aliphatic hydroxyl groups is 1. The van der Waals surface area contributed by atoms with Crippen molar-refractivity contribution in [3.8, 4) is 0 Å². The zero-order chi connectivity index (χ0) is 26.9. The quantitative estimate of drug-likeness (QED) is 0.414. The summed E-state index contributed by atoms with van der Waals surface area (Å²) in [4.78, 5) is 26.5. The Hall–Kier alpha value is -2.09. The van der Waals surface area contributed by atoms with Crippen LogP contribution >= 0.6 is 0 Å². The number of benzene rings is 1. The number of nitrogens with zero attached hydrogens (tertiary/aromatic N) is 1. The van der Waals surface area contributed by atoms with E-state index in [4.69, 9.17) is 9.16 Å². The Morgan fingerprint density at radius 3 is 2.50 bits per heavy atom. The van der Waals surface area contributed by atoms with E-state index >= 15 is 0 Å². The van der Waals surface area contributed by atoms with Crippen LogP contribution in [0.1, 0.15) is 44.5 Å². The highest BCUT2D eigenvalue weighted by Crippen LogP contribution is 2.40. The van der Waals surface area contributed by atoms with Gasteiger partial charge in [-0.3, -0.25) is 14.3 Å². The molecule has 0 unspecified atom stereocenters. The number of nitrogens with one attached hydrogen (secondary N) is 2. The third-order valence-electron chi connectivity index (χ3n) is 7.09. The Morgan fingerprint density at radius 2 is 1.89 bits per heavy atom. The summed E-state index contributed by atoms with van der Waals surface area (Å²) in [6, 6.07) is 9.05. The van der Waals surface area contributed by atoms with E-state index in [1.807, 2.05) is 31.3 Å². The SMILES string of the molecule is Cc1cn([C@H]2C[C@](O)(CS(=O)(=O)NCc3ccccc3)[C@@H](CO[Si](C)(C)C(C)(C)C)O2)c(=O)[nH]c1=O. The highest BCUT2D eigenvalue weighted by atomic mass is 32.2. The zero-order valence-corrected chi connectivity index (χ0v) is 23.5. The molecule has 1 aliphatic heterocycles. The number of H-pyrrole nitrogens is 1. The van der Waals surface area contributed by atoms with Gasteiger partial charge >= 0.3 is 5.69 Å². The summed E-state index contributed by atoms with van der Waals surface area (Å²) >= 11 is 0. The first-order valence-electron chi connectivity index (χ1n) is 11.9. The lowest BCUT2D eigenvalue weighted by Gasteiger charge is -2.38. The van der Waals surface area contributed by atoms with Gasteiger partial charge in [-0.05, 0) is 30.6 Å². The lowest BCUT2D eigenvalue weighted by Crippen LogP contribution is -2.51. The highest BCUT2D eigenvalue weighted by molar-refractivity contribution is 7.89. The minimum atomic E-state index is -3.94. The number of sulfonamides is 1. The number of hydrogen-bond acceptors (Lipinski definition) is 7. The van der Waals surface area contributed by atoms with Crippen LogP contribution in [0.3, 0.4) is 0 Å². The fraction of sp³-hybridized carbons (Fsp3) is 0.583. The van der Waals surface area contributed by atoms with Crippen LogP contribution in [0.4, 0.5) is 0 Å². The van der Waals surface area contributed by atoms with Crippen LogP contribution in [0.5, 0.6) is 0 Å². The first-order chi connectivity index (χ1) is 16.5. The number of rotatable bonds is 9. The maximum absolute atomic E-state index is 13.0. The minimum absolute atomic E-state index is 0.0330. The van der Waals surface area contributed by atoms with Gasteiger partial charge in [-0.25, -0.2) is 17.9 Å². The van der Waals surface area contributed by atoms with Crippen LogP contribution < -0.4 is 16.0 Å². The van der Waals surface area contributed by atoms with Crippen molar-refractivity contribution < 1.29 is 22.7 Å². The molecular weight excluding hydrogens is 502 g/mol. The van der Waals surface area contributed by atoms with Crippen molar-refractivity contribution in [2.24, 2.45) is 0 Å². The maximum atomic E-state index is 13.0. The van der Waals surface area contributed by atoms with Gasteiger partial charge in [0.2, 0.25) is 10.0 Å². The van der Waals surface area contributed by atoms with Crippen LogP contribution in [0, 0.1) is 6.92 Å². The molecule has 1 saturated heterocycles. The molecule has 1 aliphatic rings. The summed E-state index contributed by atoms with van der Waals surface area (Å²) in [6.45, 7) is 11.9. The van der Waals surface area contributed by atoms with E-state index in [0.29, 0.717) is 5.56 Å². The van der Waals surface area contributed by atoms with Gasteiger partial charge in [0.05, 0.1) is 12.4 Å². The first-order valence-corrected chi connectivity index (χ1v) is 16.4. The van der Waals surface area contributed by atoms with Crippen molar-refractivity contribution in [3.05, 3.63) is 68.5 Å². The molecule has 36 heavy (non-hydrogen) atoms. The van der Waals surface area contributed by atoms with E-state index in [1.54, 1.807) is 19.1 Å². The smallest absolute Gasteiger partial charge is 0.330 e. The van der Waals surface area contributed by atoms with E-state index in [9.17, 15) is 23.1 Å². The molecule has 0 saturated carbocycles. The average molecular weight is 540 g/mol. The van der Waals surface area contributed by atoms with Crippen molar-refractivity contribution >= 4 is 18.3 Å². The summed E-state index contributed by atoms with van der Waals surface area (Å²) in [5.74, 6) is -0.633. The summed E-state index contributed by atoms with van der Waals surface area (Å²) in [7, 11) is -6.19. The predicted octanol–water partition coefficient (Wildman–Crippen LogP) is 2.01. The number of hydrogen-bond donors (Lipinski definition) is 3. The second-order valence-corrected chi connectivity index (χ2v) is 17.6. The number of aryl methyl sites for hydroxylation is 1. The third-order valence-corrected chi connectivity index (χ3v) is 13.1. The highest BCUT2D eigenvalue weighted by Gasteiger charge is 2.52. The molecule has 10 nitrogen and oxygen atoms in total. The molecular formula is C24H37N3O7SSi. The van der Waals surface area contributed by atoms with Crippen LogP contribution in [-0.2, 0) is 25.7 Å². The topological polar surface area (TPSA) is 140 Å². The summed E-state index contributed by atoms with van der Waals surface area (Å²) in [5, 5.41) is 11.5. The van der Waals surface area contributed by atoms with Crippen LogP contribution in [0.15, 0.2) is 46.1 Å². The molecule has 3 rings (SSSR count). The Labute approximate surface area is 212 Å². The molecule has 1 fully saturated rings. The van der Waals surface area contributed by atoms with E-state index in [1.165, 1.54) is 10.8 Å². The third kappa shape index (κ3) is 6.61. The van der Waals surface area contributed by atoms with E-state index in [0.717, 1.165) is 5.56 Å². The van der Waals surface area contributed by atoms with E-state index in [2.05, 4.69) is 30.5 Å². The molecule has 3 N–H and O–H groups in total. The Bertz CT molecular complexity index is 1290. The molecule has 200 valence electrons. The molecule has 2 aromatic rings. The Morgan fingerprint density at radius 1 is 1.25 bits per heavy atom. The lowest BCUT2D eigenvalue weighted by molar-refractivity contribution is -0.0715. The van der Waals surface area contributed by atoms with Crippen LogP contribution in [-0.4, -0.2) is 55.5 Å². The molecule has 3 atom stereocenters. The fourth-order valence-corrected chi connectivity index (χ4v) is 6.23. The molecule has 1 aromatic carbocycles. The van der Waals surface area contributed by atoms with Gasteiger partial charge in [0.25, 0.3) is 5.56 Å². The number of aromatic amines is 1. The van der Waals surface area contributed by atoms with Crippen molar-refractivity contribution in [2.45, 2.75) is 76.7 Å². The maximum Gasteiger partial charge on any atom is 0.330 e. The molecule has 0 amide bonds. The number of aromatic nitrogens is 2. The minimum Gasteiger partial charge on any atom is -0.414 e. The van der Waals surface area contributed by atoms with Gasteiger partial charge in [0.15, 0.2) is 8.32 Å². The van der Waals surface area contributed by atoms with E-state index < -0.39 is 53.3 Å². The van der Waals surface area contributed by atoms with Gasteiger partial charge in [-0.2, -0.15) is 0 Å². The molecule has 12 heteroatoms. The Balaban J connectivity index is 1.87. The van der Waals surface area contributed by atoms with Crippen molar-refractivity contribution in [1.29, 1.82) is 0 Å². The zero-order valence-electron chi connectivity index (χ0n) is 21.7. The van der Waals surface area contributed by atoms with Gasteiger partial charge in [-0.1, -0.05) is 51.1 Å². The monoisotopic (exact) mass is 539 g/mol. The van der Waals surface area contributed by atoms with Gasteiger partial charge in [0, 0.05) is 24.7 Å². The van der Waals surface area contributed by atoms with Crippen molar-refractivity contribution in [2.75, 3.05) is 12.4 Å². The largest absolute Gasteiger partial charge is 0.414 e. The molecule has 2 heterocycles. The standard InChI is InChI=1S/C24H37N3O7SSi/c1-17-14-27(22(29)26-21(17)28)20-12-24(30,19(34-20)15-33-36(5,6)23(2,3)4)16-35(31,32)25-13-18-10-8-7-9-11-18/h7-11,14,19-20,25,30H,12-13,15-16H2,1-6H3,(H,26,28,29)/t19-,20-,24+/m1/s1. The molecule has 0 aliphatic carbocycles. The van der Waals surface area contributed by atoms with Crippen LogP contribution in [0.2, 0.25) is 18.1 Å². The van der Waals surface area contributed by atoms with Crippen molar-refractivity contribution in [1.82, 2.24) is 14.3 Å². The second-order valence-electron chi connectivity index (χ2n) is 11.0. The molecule has 1 aromatic heterocycles. The lowest BCUT2D eigenvalue weighted by atomic mass is 9.98.